The Morgan fingerprint density at radius 3 is 2.64 bits per heavy atom. The highest BCUT2D eigenvalue weighted by atomic mass is 19.1. The summed E-state index contributed by atoms with van der Waals surface area (Å²) in [6.07, 6.45) is 3.35. The van der Waals surface area contributed by atoms with Crippen LogP contribution in [0.5, 0.6) is 0 Å². The third-order valence-electron chi connectivity index (χ3n) is 4.87. The number of aliphatic hydroxyl groups is 1. The van der Waals surface area contributed by atoms with Gasteiger partial charge in [0, 0.05) is 37.6 Å². The highest BCUT2D eigenvalue weighted by molar-refractivity contribution is 5.92. The molecule has 2 aromatic heterocycles. The number of pyridine rings is 1. The number of benzene rings is 1. The van der Waals surface area contributed by atoms with Crippen molar-refractivity contribution in [3.63, 3.8) is 0 Å². The lowest BCUT2D eigenvalue weighted by Gasteiger charge is -2.37. The fourth-order valence-electron chi connectivity index (χ4n) is 3.72. The van der Waals surface area contributed by atoms with Crippen LogP contribution in [0, 0.1) is 5.82 Å². The number of halogens is 1. The first kappa shape index (κ1) is 18.6. The number of anilines is 2. The molecule has 1 saturated heterocycles. The molecule has 1 aliphatic heterocycles. The maximum atomic E-state index is 15.4. The quantitative estimate of drug-likeness (QED) is 0.697. The van der Waals surface area contributed by atoms with Gasteiger partial charge in [-0.15, -0.1) is 0 Å². The fourth-order valence-corrected chi connectivity index (χ4v) is 3.72. The molecular formula is C20H23FN4O3. The number of nitrogens with zero attached hydrogens (tertiary/aromatic N) is 3. The van der Waals surface area contributed by atoms with Crippen LogP contribution in [0.4, 0.5) is 15.9 Å². The summed E-state index contributed by atoms with van der Waals surface area (Å²) < 4.78 is 26.4. The van der Waals surface area contributed by atoms with Crippen LogP contribution in [-0.4, -0.2) is 40.5 Å². The molecule has 8 heteroatoms. The average Bonchev–Trinajstić information content (AvgIpc) is 3.09. The van der Waals surface area contributed by atoms with E-state index >= 15 is 4.39 Å². The summed E-state index contributed by atoms with van der Waals surface area (Å²) >= 11 is 0. The van der Waals surface area contributed by atoms with Gasteiger partial charge in [0.05, 0.1) is 29.9 Å². The van der Waals surface area contributed by atoms with Crippen LogP contribution < -0.4 is 10.2 Å². The van der Waals surface area contributed by atoms with E-state index in [1.54, 1.807) is 18.5 Å². The van der Waals surface area contributed by atoms with Crippen molar-refractivity contribution in [2.75, 3.05) is 23.3 Å². The van der Waals surface area contributed by atoms with Crippen LogP contribution in [0.15, 0.2) is 35.1 Å². The summed E-state index contributed by atoms with van der Waals surface area (Å²) in [7, 11) is 0. The molecule has 0 aliphatic carbocycles. The Kier molecular flexibility index (Phi) is 5.15. The lowest BCUT2D eigenvalue weighted by atomic mass is 10.1. The van der Waals surface area contributed by atoms with E-state index in [1.165, 1.54) is 0 Å². The van der Waals surface area contributed by atoms with Crippen molar-refractivity contribution in [3.05, 3.63) is 47.5 Å². The molecule has 3 aromatic rings. The van der Waals surface area contributed by atoms with Crippen molar-refractivity contribution >= 4 is 22.5 Å². The summed E-state index contributed by atoms with van der Waals surface area (Å²) in [5, 5.41) is 17.6. The summed E-state index contributed by atoms with van der Waals surface area (Å²) in [5.41, 5.74) is 1.95. The number of ether oxygens (including phenoxy) is 1. The largest absolute Gasteiger partial charge is 0.392 e. The van der Waals surface area contributed by atoms with Crippen molar-refractivity contribution in [2.45, 2.75) is 39.2 Å². The van der Waals surface area contributed by atoms with Crippen LogP contribution in [0.25, 0.3) is 11.0 Å². The number of morpholine rings is 1. The molecule has 3 heterocycles. The minimum Gasteiger partial charge on any atom is -0.392 e. The normalized spacial score (nSPS) is 19.9. The Balaban J connectivity index is 1.68. The van der Waals surface area contributed by atoms with Crippen molar-refractivity contribution in [2.24, 2.45) is 0 Å². The average molecular weight is 386 g/mol. The fraction of sp³-hybridized carbons (Fsp3) is 0.400. The van der Waals surface area contributed by atoms with Crippen molar-refractivity contribution in [1.82, 2.24) is 10.1 Å². The van der Waals surface area contributed by atoms with Gasteiger partial charge in [-0.05, 0) is 37.6 Å². The molecule has 1 fully saturated rings. The summed E-state index contributed by atoms with van der Waals surface area (Å²) in [6, 6.07) is 5.51. The Morgan fingerprint density at radius 1 is 1.25 bits per heavy atom. The third-order valence-corrected chi connectivity index (χ3v) is 4.87. The molecule has 28 heavy (non-hydrogen) atoms. The molecule has 7 nitrogen and oxygen atoms in total. The highest BCUT2D eigenvalue weighted by Gasteiger charge is 2.29. The number of aromatic nitrogens is 2. The second-order valence-corrected chi connectivity index (χ2v) is 7.14. The third kappa shape index (κ3) is 3.53. The lowest BCUT2D eigenvalue weighted by molar-refractivity contribution is -0.00549. The maximum absolute atomic E-state index is 15.4. The van der Waals surface area contributed by atoms with Crippen LogP contribution >= 0.6 is 0 Å². The molecular weight excluding hydrogens is 363 g/mol. The molecule has 1 aromatic carbocycles. The Bertz CT molecular complexity index is 953. The Morgan fingerprint density at radius 2 is 1.96 bits per heavy atom. The molecule has 0 unspecified atom stereocenters. The van der Waals surface area contributed by atoms with E-state index in [9.17, 15) is 5.11 Å². The maximum Gasteiger partial charge on any atom is 0.206 e. The SMILES string of the molecule is C[C@@H]1CN(c2c(CO)cc3c(NCc4ccncc4)noc3c2F)C[C@H](C)O1. The van der Waals surface area contributed by atoms with Crippen molar-refractivity contribution in [3.8, 4) is 0 Å². The molecule has 148 valence electrons. The number of aliphatic hydroxyl groups excluding tert-OH is 1. The molecule has 4 rings (SSSR count). The van der Waals surface area contributed by atoms with E-state index in [4.69, 9.17) is 9.26 Å². The van der Waals surface area contributed by atoms with Gasteiger partial charge in [0.2, 0.25) is 5.58 Å². The molecule has 0 saturated carbocycles. The first-order chi connectivity index (χ1) is 13.6. The van der Waals surface area contributed by atoms with E-state index in [0.717, 1.165) is 5.56 Å². The number of rotatable bonds is 5. The van der Waals surface area contributed by atoms with Gasteiger partial charge < -0.3 is 24.6 Å². The van der Waals surface area contributed by atoms with E-state index in [0.29, 0.717) is 42.1 Å². The smallest absolute Gasteiger partial charge is 0.206 e. The summed E-state index contributed by atoms with van der Waals surface area (Å²) in [4.78, 5) is 5.89. The second kappa shape index (κ2) is 7.73. The van der Waals surface area contributed by atoms with E-state index in [1.807, 2.05) is 30.9 Å². The van der Waals surface area contributed by atoms with Gasteiger partial charge in [-0.25, -0.2) is 4.39 Å². The number of hydrogen-bond donors (Lipinski definition) is 2. The van der Waals surface area contributed by atoms with E-state index in [-0.39, 0.29) is 24.4 Å². The van der Waals surface area contributed by atoms with Gasteiger partial charge in [-0.1, -0.05) is 5.16 Å². The molecule has 2 atom stereocenters. The lowest BCUT2D eigenvalue weighted by Crippen LogP contribution is -2.46. The van der Waals surface area contributed by atoms with Gasteiger partial charge in [0.15, 0.2) is 11.6 Å². The second-order valence-electron chi connectivity index (χ2n) is 7.14. The van der Waals surface area contributed by atoms with E-state index < -0.39 is 5.82 Å². The zero-order valence-electron chi connectivity index (χ0n) is 15.9. The van der Waals surface area contributed by atoms with Crippen LogP contribution in [0.1, 0.15) is 25.0 Å². The molecule has 0 bridgehead atoms. The Hall–Kier alpha value is -2.71. The molecule has 0 spiro atoms. The van der Waals surface area contributed by atoms with Gasteiger partial charge in [-0.3, -0.25) is 4.98 Å². The molecule has 1 aliphatic rings. The number of fused-ring (bicyclic) bond motifs is 1. The molecule has 0 amide bonds. The van der Waals surface area contributed by atoms with Crippen molar-refractivity contribution in [1.29, 1.82) is 0 Å². The number of nitrogens with one attached hydrogen (secondary N) is 1. The minimum atomic E-state index is -0.507. The van der Waals surface area contributed by atoms with Gasteiger partial charge in [-0.2, -0.15) is 0 Å². The minimum absolute atomic E-state index is 0.0299. The van der Waals surface area contributed by atoms with E-state index in [2.05, 4.69) is 15.5 Å². The topological polar surface area (TPSA) is 83.7 Å². The zero-order chi connectivity index (χ0) is 19.7. The summed E-state index contributed by atoms with van der Waals surface area (Å²) in [5.74, 6) is -0.0667. The Labute approximate surface area is 162 Å². The van der Waals surface area contributed by atoms with Gasteiger partial charge >= 0.3 is 0 Å². The van der Waals surface area contributed by atoms with Crippen LogP contribution in [0.2, 0.25) is 0 Å². The standard InChI is InChI=1S/C20H23FN4O3/c1-12-9-25(10-13(2)27-12)18-15(11-26)7-16-19(17(18)21)28-24-20(16)23-8-14-3-5-22-6-4-14/h3-7,12-13,26H,8-11H2,1-2H3,(H,23,24)/t12-,13+. The summed E-state index contributed by atoms with van der Waals surface area (Å²) in [6.45, 7) is 5.21. The molecule has 2 N–H and O–H groups in total. The van der Waals surface area contributed by atoms with Crippen LogP contribution in [0.3, 0.4) is 0 Å². The van der Waals surface area contributed by atoms with Crippen molar-refractivity contribution < 1.29 is 18.8 Å². The first-order valence-corrected chi connectivity index (χ1v) is 9.31. The first-order valence-electron chi connectivity index (χ1n) is 9.31. The predicted molar refractivity (Wildman–Crippen MR) is 104 cm³/mol. The molecule has 0 radical (unpaired) electrons. The van der Waals surface area contributed by atoms with Crippen LogP contribution in [-0.2, 0) is 17.9 Å². The zero-order valence-corrected chi connectivity index (χ0v) is 15.9. The monoisotopic (exact) mass is 386 g/mol. The predicted octanol–water partition coefficient (Wildman–Crippen LogP) is 3.08. The number of hydrogen-bond acceptors (Lipinski definition) is 7. The highest BCUT2D eigenvalue weighted by Crippen LogP contribution is 2.36. The van der Waals surface area contributed by atoms with Gasteiger partial charge in [0.25, 0.3) is 0 Å². The van der Waals surface area contributed by atoms with Gasteiger partial charge in [0.1, 0.15) is 0 Å².